The van der Waals surface area contributed by atoms with Gasteiger partial charge in [-0.3, -0.25) is 0 Å². The van der Waals surface area contributed by atoms with E-state index in [0.29, 0.717) is 0 Å². The molecule has 0 radical (unpaired) electrons. The highest BCUT2D eigenvalue weighted by Crippen LogP contribution is 1.92. The van der Waals surface area contributed by atoms with E-state index < -0.39 is 22.3 Å². The molecular weight excluding hydrogens is 260 g/mol. The van der Waals surface area contributed by atoms with Crippen molar-refractivity contribution in [3.8, 4) is 0 Å². The fraction of sp³-hybridized carbons (Fsp3) is 0.857. The van der Waals surface area contributed by atoms with Crippen molar-refractivity contribution in [1.29, 1.82) is 0 Å². The Morgan fingerprint density at radius 3 is 2.56 bits per heavy atom. The summed E-state index contributed by atoms with van der Waals surface area (Å²) in [6, 6.07) is -0.612. The van der Waals surface area contributed by atoms with E-state index in [-0.39, 0.29) is 19.1 Å². The van der Waals surface area contributed by atoms with Crippen LogP contribution in [0.3, 0.4) is 0 Å². The van der Waals surface area contributed by atoms with Gasteiger partial charge in [0.15, 0.2) is 0 Å². The van der Waals surface area contributed by atoms with Gasteiger partial charge in [0.05, 0.1) is 19.3 Å². The molecule has 1 amide bonds. The number of halogens is 1. The van der Waals surface area contributed by atoms with Crippen LogP contribution in [-0.4, -0.2) is 46.8 Å². The zero-order chi connectivity index (χ0) is 12.6. The monoisotopic (exact) mass is 274 g/mol. The summed E-state index contributed by atoms with van der Waals surface area (Å²) in [4.78, 5) is 10.9. The molecule has 0 rings (SSSR count). The molecule has 0 fully saturated rings. The number of hydrogen-bond donors (Lipinski definition) is 2. The van der Waals surface area contributed by atoms with Crippen LogP contribution in [-0.2, 0) is 19.7 Å². The number of hydrogen-bond acceptors (Lipinski definition) is 5. The van der Waals surface area contributed by atoms with Crippen LogP contribution in [0.1, 0.15) is 6.92 Å². The lowest BCUT2D eigenvalue weighted by atomic mass is 10.4. The zero-order valence-corrected chi connectivity index (χ0v) is 10.6. The predicted molar refractivity (Wildman–Crippen MR) is 58.6 cm³/mol. The lowest BCUT2D eigenvalue weighted by Gasteiger charge is -2.15. The third kappa shape index (κ3) is 6.83. The summed E-state index contributed by atoms with van der Waals surface area (Å²) in [5, 5.41) is 0. The normalized spacial score (nSPS) is 13.2. The van der Waals surface area contributed by atoms with E-state index in [2.05, 4.69) is 9.46 Å². The van der Waals surface area contributed by atoms with Crippen molar-refractivity contribution in [2.45, 2.75) is 13.0 Å². The summed E-state index contributed by atoms with van der Waals surface area (Å²) in [5.74, 6) is 0.0254. The van der Waals surface area contributed by atoms with E-state index in [1.54, 1.807) is 11.6 Å². The quantitative estimate of drug-likeness (QED) is 0.628. The Kier molecular flexibility index (Phi) is 7.39. The molecule has 0 heterocycles. The molecule has 0 aliphatic heterocycles. The summed E-state index contributed by atoms with van der Waals surface area (Å²) < 4.78 is 35.6. The third-order valence-electron chi connectivity index (χ3n) is 1.37. The molecule has 16 heavy (non-hydrogen) atoms. The molecule has 0 aliphatic rings. The van der Waals surface area contributed by atoms with Crippen molar-refractivity contribution < 1.29 is 22.7 Å². The van der Waals surface area contributed by atoms with Gasteiger partial charge >= 0.3 is 16.3 Å². The summed E-state index contributed by atoms with van der Waals surface area (Å²) in [5.41, 5.74) is 0. The van der Waals surface area contributed by atoms with Crippen molar-refractivity contribution in [3.05, 3.63) is 0 Å². The number of nitrogens with one attached hydrogen (secondary N) is 2. The van der Waals surface area contributed by atoms with Crippen LogP contribution >= 0.6 is 11.6 Å². The third-order valence-corrected chi connectivity index (χ3v) is 2.82. The van der Waals surface area contributed by atoms with Crippen LogP contribution in [0, 0.1) is 0 Å². The van der Waals surface area contributed by atoms with Gasteiger partial charge in [-0.25, -0.2) is 9.52 Å². The molecule has 0 aromatic rings. The molecule has 1 atom stereocenters. The van der Waals surface area contributed by atoms with Crippen LogP contribution < -0.4 is 9.44 Å². The Bertz CT molecular complexity index is 308. The topological polar surface area (TPSA) is 93.7 Å². The number of carbonyl (C=O) groups excluding carboxylic acids is 1. The predicted octanol–water partition coefficient (Wildman–Crippen LogP) is -0.179. The first kappa shape index (κ1) is 15.4. The maximum Gasteiger partial charge on any atom is 0.421 e. The molecule has 2 N–H and O–H groups in total. The van der Waals surface area contributed by atoms with Crippen molar-refractivity contribution in [3.63, 3.8) is 0 Å². The largest absolute Gasteiger partial charge is 0.449 e. The maximum atomic E-state index is 11.3. The van der Waals surface area contributed by atoms with Crippen molar-refractivity contribution in [1.82, 2.24) is 9.44 Å². The molecule has 0 aliphatic carbocycles. The van der Waals surface area contributed by atoms with E-state index >= 15 is 0 Å². The second-order valence-electron chi connectivity index (χ2n) is 2.75. The minimum atomic E-state index is -3.98. The highest BCUT2D eigenvalue weighted by atomic mass is 35.5. The smallest absolute Gasteiger partial charge is 0.421 e. The number of rotatable bonds is 7. The lowest BCUT2D eigenvalue weighted by molar-refractivity contribution is 0.158. The van der Waals surface area contributed by atoms with Gasteiger partial charge in [-0.15, -0.1) is 11.6 Å². The minimum absolute atomic E-state index is 0.0254. The maximum absolute atomic E-state index is 11.3. The van der Waals surface area contributed by atoms with Crippen LogP contribution in [0.15, 0.2) is 0 Å². The van der Waals surface area contributed by atoms with Gasteiger partial charge in [0.25, 0.3) is 0 Å². The number of amides is 1. The zero-order valence-electron chi connectivity index (χ0n) is 9.03. The number of alkyl halides is 1. The first-order valence-corrected chi connectivity index (χ1v) is 6.48. The van der Waals surface area contributed by atoms with E-state index in [0.717, 1.165) is 0 Å². The van der Waals surface area contributed by atoms with E-state index in [9.17, 15) is 13.2 Å². The first-order valence-electron chi connectivity index (χ1n) is 4.46. The molecule has 0 saturated carbocycles. The van der Waals surface area contributed by atoms with Gasteiger partial charge in [-0.2, -0.15) is 13.1 Å². The Hall–Kier alpha value is -0.570. The molecule has 0 aromatic carbocycles. The van der Waals surface area contributed by atoms with Gasteiger partial charge < -0.3 is 9.47 Å². The van der Waals surface area contributed by atoms with E-state index in [4.69, 9.17) is 16.3 Å². The Balaban J connectivity index is 4.27. The molecule has 96 valence electrons. The summed E-state index contributed by atoms with van der Waals surface area (Å²) >= 11 is 5.50. The lowest BCUT2D eigenvalue weighted by Crippen LogP contribution is -2.47. The summed E-state index contributed by atoms with van der Waals surface area (Å²) in [7, 11) is -2.57. The van der Waals surface area contributed by atoms with Gasteiger partial charge in [0, 0.05) is 13.0 Å². The fourth-order valence-electron chi connectivity index (χ4n) is 0.830. The number of methoxy groups -OCH3 is 1. The van der Waals surface area contributed by atoms with Gasteiger partial charge in [0.1, 0.15) is 0 Å². The van der Waals surface area contributed by atoms with Gasteiger partial charge in [-0.05, 0) is 6.92 Å². The molecule has 0 aromatic heterocycles. The molecule has 7 nitrogen and oxygen atoms in total. The van der Waals surface area contributed by atoms with Crippen LogP contribution in [0.5, 0.6) is 0 Å². The van der Waals surface area contributed by atoms with Crippen molar-refractivity contribution in [2.24, 2.45) is 0 Å². The Labute approximate surface area is 99.6 Å². The molecule has 1 unspecified atom stereocenters. The molecular formula is C7H15ClN2O5S. The molecule has 0 bridgehead atoms. The highest BCUT2D eigenvalue weighted by molar-refractivity contribution is 7.88. The highest BCUT2D eigenvalue weighted by Gasteiger charge is 2.19. The van der Waals surface area contributed by atoms with E-state index in [1.165, 1.54) is 7.11 Å². The molecule has 9 heteroatoms. The Morgan fingerprint density at radius 1 is 1.50 bits per heavy atom. The van der Waals surface area contributed by atoms with Gasteiger partial charge in [0.2, 0.25) is 0 Å². The SMILES string of the molecule is CCOC(=O)NS(=O)(=O)NC(CCl)COC. The minimum Gasteiger partial charge on any atom is -0.449 e. The Morgan fingerprint density at radius 2 is 2.12 bits per heavy atom. The van der Waals surface area contributed by atoms with Crippen molar-refractivity contribution >= 4 is 27.9 Å². The number of ether oxygens (including phenoxy) is 2. The van der Waals surface area contributed by atoms with E-state index in [1.807, 2.05) is 0 Å². The van der Waals surface area contributed by atoms with Crippen LogP contribution in [0.4, 0.5) is 4.79 Å². The van der Waals surface area contributed by atoms with Crippen molar-refractivity contribution in [2.75, 3.05) is 26.2 Å². The fourth-order valence-corrected chi connectivity index (χ4v) is 2.02. The average molecular weight is 275 g/mol. The van der Waals surface area contributed by atoms with Crippen LogP contribution in [0.2, 0.25) is 0 Å². The molecule has 0 spiro atoms. The summed E-state index contributed by atoms with van der Waals surface area (Å²) in [6.07, 6.45) is -1.04. The average Bonchev–Trinajstić information content (AvgIpc) is 2.16. The first-order chi connectivity index (χ1) is 7.45. The molecule has 0 saturated heterocycles. The van der Waals surface area contributed by atoms with Gasteiger partial charge in [-0.1, -0.05) is 0 Å². The second kappa shape index (κ2) is 7.66. The standard InChI is InChI=1S/C7H15ClN2O5S/c1-3-15-7(11)10-16(12,13)9-6(4-8)5-14-2/h6,9H,3-5H2,1-2H3,(H,10,11). The second-order valence-corrected chi connectivity index (χ2v) is 4.51. The number of carbonyl (C=O) groups is 1. The summed E-state index contributed by atoms with van der Waals surface area (Å²) in [6.45, 7) is 1.75. The van der Waals surface area contributed by atoms with Crippen LogP contribution in [0.25, 0.3) is 0 Å².